The first-order chi connectivity index (χ1) is 7.83. The molecule has 1 aliphatic rings. The summed E-state index contributed by atoms with van der Waals surface area (Å²) in [6.07, 6.45) is 13.4. The Bertz CT molecular complexity index is 189. The number of cyclic esters (lactones) is 1. The molecule has 1 heterocycles. The first kappa shape index (κ1) is 13.5. The van der Waals surface area contributed by atoms with Crippen molar-refractivity contribution in [2.45, 2.75) is 83.7 Å². The largest absolute Gasteiger partial charge is 0.462 e. The van der Waals surface area contributed by atoms with Crippen LogP contribution in [-0.4, -0.2) is 12.1 Å². The van der Waals surface area contributed by atoms with Gasteiger partial charge in [0, 0.05) is 6.42 Å². The third kappa shape index (κ3) is 6.14. The van der Waals surface area contributed by atoms with E-state index in [-0.39, 0.29) is 12.1 Å². The molecule has 1 fully saturated rings. The zero-order valence-electron chi connectivity index (χ0n) is 10.7. The van der Waals surface area contributed by atoms with Gasteiger partial charge in [-0.25, -0.2) is 0 Å². The molecule has 16 heavy (non-hydrogen) atoms. The summed E-state index contributed by atoms with van der Waals surface area (Å²) in [5.74, 6) is 0.0131. The highest BCUT2D eigenvalue weighted by molar-refractivity contribution is 5.70. The highest BCUT2D eigenvalue weighted by Crippen LogP contribution is 2.19. The van der Waals surface area contributed by atoms with E-state index in [9.17, 15) is 4.79 Å². The molecule has 1 unspecified atom stereocenters. The van der Waals surface area contributed by atoms with Crippen LogP contribution in [0.5, 0.6) is 0 Å². The van der Waals surface area contributed by atoms with Gasteiger partial charge in [-0.15, -0.1) is 0 Å². The minimum atomic E-state index is 0.0131. The average molecular weight is 226 g/mol. The van der Waals surface area contributed by atoms with Gasteiger partial charge in [0.2, 0.25) is 0 Å². The normalized spacial score (nSPS) is 20.8. The molecule has 1 aliphatic heterocycles. The van der Waals surface area contributed by atoms with Crippen molar-refractivity contribution in [3.8, 4) is 0 Å². The van der Waals surface area contributed by atoms with Crippen molar-refractivity contribution in [2.24, 2.45) is 0 Å². The molecule has 0 aromatic carbocycles. The summed E-state index contributed by atoms with van der Waals surface area (Å²) in [5.41, 5.74) is 0. The van der Waals surface area contributed by atoms with Gasteiger partial charge < -0.3 is 4.74 Å². The van der Waals surface area contributed by atoms with Gasteiger partial charge in [-0.3, -0.25) is 4.79 Å². The predicted octanol–water partition coefficient (Wildman–Crippen LogP) is 4.22. The molecule has 1 saturated heterocycles. The molecule has 0 amide bonds. The Balaban J connectivity index is 1.88. The van der Waals surface area contributed by atoms with Crippen LogP contribution in [0.4, 0.5) is 0 Å². The van der Waals surface area contributed by atoms with Crippen molar-refractivity contribution in [1.82, 2.24) is 0 Å². The van der Waals surface area contributed by atoms with Gasteiger partial charge in [0.25, 0.3) is 0 Å². The van der Waals surface area contributed by atoms with E-state index >= 15 is 0 Å². The Kier molecular flexibility index (Phi) is 7.28. The van der Waals surface area contributed by atoms with Gasteiger partial charge in [0.1, 0.15) is 6.10 Å². The van der Waals surface area contributed by atoms with Crippen LogP contribution in [0.3, 0.4) is 0 Å². The fourth-order valence-corrected chi connectivity index (χ4v) is 2.31. The van der Waals surface area contributed by atoms with Gasteiger partial charge in [-0.05, 0) is 25.7 Å². The number of hydrogen-bond donors (Lipinski definition) is 0. The molecule has 0 saturated carbocycles. The molecule has 0 bridgehead atoms. The lowest BCUT2D eigenvalue weighted by Crippen LogP contribution is -2.23. The smallest absolute Gasteiger partial charge is 0.306 e. The summed E-state index contributed by atoms with van der Waals surface area (Å²) >= 11 is 0. The molecule has 0 aromatic rings. The van der Waals surface area contributed by atoms with Crippen molar-refractivity contribution < 1.29 is 9.53 Å². The lowest BCUT2D eigenvalue weighted by molar-refractivity contribution is -0.154. The molecule has 0 N–H and O–H groups in total. The summed E-state index contributed by atoms with van der Waals surface area (Å²) in [4.78, 5) is 11.1. The Morgan fingerprint density at radius 3 is 2.50 bits per heavy atom. The molecule has 0 aromatic heterocycles. The van der Waals surface area contributed by atoms with Gasteiger partial charge in [0.15, 0.2) is 0 Å². The van der Waals surface area contributed by atoms with Crippen LogP contribution in [0.15, 0.2) is 0 Å². The average Bonchev–Trinajstić information content (AvgIpc) is 2.28. The number of rotatable bonds is 8. The molecule has 1 rings (SSSR count). The van der Waals surface area contributed by atoms with Crippen LogP contribution in [-0.2, 0) is 9.53 Å². The van der Waals surface area contributed by atoms with E-state index in [1.165, 1.54) is 44.9 Å². The van der Waals surface area contributed by atoms with E-state index in [1.54, 1.807) is 0 Å². The van der Waals surface area contributed by atoms with E-state index in [4.69, 9.17) is 4.74 Å². The van der Waals surface area contributed by atoms with Gasteiger partial charge in [-0.2, -0.15) is 0 Å². The van der Waals surface area contributed by atoms with Crippen LogP contribution in [0.25, 0.3) is 0 Å². The highest BCUT2D eigenvalue weighted by atomic mass is 16.5. The van der Waals surface area contributed by atoms with E-state index in [0.29, 0.717) is 6.42 Å². The molecular weight excluding hydrogens is 200 g/mol. The number of carbonyl (C=O) groups excluding carboxylic acids is 1. The second-order valence-electron chi connectivity index (χ2n) is 4.91. The van der Waals surface area contributed by atoms with Crippen LogP contribution < -0.4 is 0 Å². The SMILES string of the molecule is CCCCCCCCCC1CCCC(=O)O1. The number of esters is 1. The Morgan fingerprint density at radius 1 is 1.12 bits per heavy atom. The van der Waals surface area contributed by atoms with Crippen molar-refractivity contribution in [3.63, 3.8) is 0 Å². The maximum Gasteiger partial charge on any atom is 0.306 e. The Morgan fingerprint density at radius 2 is 1.81 bits per heavy atom. The maximum atomic E-state index is 11.1. The topological polar surface area (TPSA) is 26.3 Å². The molecule has 94 valence electrons. The van der Waals surface area contributed by atoms with Gasteiger partial charge in [-0.1, -0.05) is 45.4 Å². The maximum absolute atomic E-state index is 11.1. The van der Waals surface area contributed by atoms with E-state index in [2.05, 4.69) is 6.92 Å². The van der Waals surface area contributed by atoms with E-state index in [1.807, 2.05) is 0 Å². The van der Waals surface area contributed by atoms with Gasteiger partial charge >= 0.3 is 5.97 Å². The van der Waals surface area contributed by atoms with E-state index in [0.717, 1.165) is 19.3 Å². The fraction of sp³-hybridized carbons (Fsp3) is 0.929. The van der Waals surface area contributed by atoms with Crippen LogP contribution in [0.1, 0.15) is 77.6 Å². The number of carbonyl (C=O) groups is 1. The van der Waals surface area contributed by atoms with Gasteiger partial charge in [0.05, 0.1) is 0 Å². The summed E-state index contributed by atoms with van der Waals surface area (Å²) in [7, 11) is 0. The van der Waals surface area contributed by atoms with Crippen molar-refractivity contribution >= 4 is 5.97 Å². The minimum absolute atomic E-state index is 0.0131. The standard InChI is InChI=1S/C14H26O2/c1-2-3-4-5-6-7-8-10-13-11-9-12-14(15)16-13/h13H,2-12H2,1H3. The van der Waals surface area contributed by atoms with Crippen molar-refractivity contribution in [2.75, 3.05) is 0 Å². The Hall–Kier alpha value is -0.530. The van der Waals surface area contributed by atoms with Crippen molar-refractivity contribution in [1.29, 1.82) is 0 Å². The van der Waals surface area contributed by atoms with Crippen molar-refractivity contribution in [3.05, 3.63) is 0 Å². The second-order valence-corrected chi connectivity index (χ2v) is 4.91. The lowest BCUT2D eigenvalue weighted by atomic mass is 10.0. The molecule has 0 radical (unpaired) electrons. The quantitative estimate of drug-likeness (QED) is 0.457. The summed E-state index contributed by atoms with van der Waals surface area (Å²) < 4.78 is 5.29. The fourth-order valence-electron chi connectivity index (χ4n) is 2.31. The lowest BCUT2D eigenvalue weighted by Gasteiger charge is -2.21. The third-order valence-electron chi connectivity index (χ3n) is 3.33. The molecule has 2 nitrogen and oxygen atoms in total. The van der Waals surface area contributed by atoms with Crippen LogP contribution in [0, 0.1) is 0 Å². The van der Waals surface area contributed by atoms with Crippen LogP contribution in [0.2, 0.25) is 0 Å². The first-order valence-electron chi connectivity index (χ1n) is 7.02. The molecular formula is C14H26O2. The second kappa shape index (κ2) is 8.60. The summed E-state index contributed by atoms with van der Waals surface area (Å²) in [5, 5.41) is 0. The number of hydrogen-bond acceptors (Lipinski definition) is 2. The third-order valence-corrected chi connectivity index (χ3v) is 3.33. The molecule has 0 aliphatic carbocycles. The van der Waals surface area contributed by atoms with Crippen LogP contribution >= 0.6 is 0 Å². The highest BCUT2D eigenvalue weighted by Gasteiger charge is 2.19. The number of ether oxygens (including phenoxy) is 1. The summed E-state index contributed by atoms with van der Waals surface area (Å²) in [6, 6.07) is 0. The minimum Gasteiger partial charge on any atom is -0.462 e. The predicted molar refractivity (Wildman–Crippen MR) is 66.3 cm³/mol. The molecule has 1 atom stereocenters. The summed E-state index contributed by atoms with van der Waals surface area (Å²) in [6.45, 7) is 2.25. The zero-order chi connectivity index (χ0) is 11.6. The van der Waals surface area contributed by atoms with E-state index < -0.39 is 0 Å². The Labute approximate surface area is 99.8 Å². The zero-order valence-corrected chi connectivity index (χ0v) is 10.7. The first-order valence-corrected chi connectivity index (χ1v) is 7.02. The molecule has 2 heteroatoms. The monoisotopic (exact) mass is 226 g/mol. The molecule has 0 spiro atoms. The number of unbranched alkanes of at least 4 members (excludes halogenated alkanes) is 6.